The fraction of sp³-hybridized carbons (Fsp3) is 0.462. The van der Waals surface area contributed by atoms with Crippen LogP contribution in [0.4, 0.5) is 11.5 Å². The predicted molar refractivity (Wildman–Crippen MR) is 138 cm³/mol. The van der Waals surface area contributed by atoms with E-state index in [9.17, 15) is 4.79 Å². The molecule has 4 rings (SSSR count). The van der Waals surface area contributed by atoms with Crippen LogP contribution in [-0.4, -0.2) is 82.3 Å². The Balaban J connectivity index is 1.46. The Morgan fingerprint density at radius 1 is 1.11 bits per heavy atom. The molecule has 2 aromatic heterocycles. The van der Waals surface area contributed by atoms with Gasteiger partial charge in [0.2, 0.25) is 5.91 Å². The zero-order chi connectivity index (χ0) is 24.8. The number of rotatable bonds is 8. The first kappa shape index (κ1) is 24.8. The van der Waals surface area contributed by atoms with E-state index in [1.807, 2.05) is 39.2 Å². The van der Waals surface area contributed by atoms with Gasteiger partial charge < -0.3 is 10.2 Å². The van der Waals surface area contributed by atoms with Gasteiger partial charge in [0.1, 0.15) is 12.1 Å². The standard InChI is InChI=1S/C26H36N8O/c1-20-24(17-32(4)30-20)29-26(35)18-34-11-10-33(14-21-8-6-5-7-9-21)15-22(16-34)12-23-13-25(31(2)3)28-19-27-23/h5-9,13,17,19,22H,10-12,14-16,18H2,1-4H3,(H,29,35). The third kappa shape index (κ3) is 7.10. The van der Waals surface area contributed by atoms with E-state index in [0.29, 0.717) is 12.5 Å². The maximum Gasteiger partial charge on any atom is 0.238 e. The maximum atomic E-state index is 12.9. The summed E-state index contributed by atoms with van der Waals surface area (Å²) in [5.74, 6) is 1.25. The second-order valence-electron chi connectivity index (χ2n) is 9.64. The summed E-state index contributed by atoms with van der Waals surface area (Å²) in [5, 5.41) is 7.35. The van der Waals surface area contributed by atoms with Crippen LogP contribution in [0, 0.1) is 12.8 Å². The van der Waals surface area contributed by atoms with Crippen LogP contribution in [0.15, 0.2) is 48.9 Å². The number of benzene rings is 1. The highest BCUT2D eigenvalue weighted by atomic mass is 16.2. The fourth-order valence-electron chi connectivity index (χ4n) is 4.66. The Kier molecular flexibility index (Phi) is 8.09. The van der Waals surface area contributed by atoms with Crippen molar-refractivity contribution in [2.45, 2.75) is 19.9 Å². The fourth-order valence-corrected chi connectivity index (χ4v) is 4.66. The lowest BCUT2D eigenvalue weighted by atomic mass is 10.0. The molecule has 0 saturated carbocycles. The SMILES string of the molecule is Cc1nn(C)cc1NC(=O)CN1CCN(Cc2ccccc2)CC(Cc2cc(N(C)C)ncn2)C1. The first-order valence-corrected chi connectivity index (χ1v) is 12.1. The van der Waals surface area contributed by atoms with Gasteiger partial charge in [0.15, 0.2) is 0 Å². The molecule has 1 aliphatic rings. The predicted octanol–water partition coefficient (Wildman–Crippen LogP) is 2.20. The first-order chi connectivity index (χ1) is 16.9. The van der Waals surface area contributed by atoms with Crippen molar-refractivity contribution >= 4 is 17.4 Å². The van der Waals surface area contributed by atoms with Gasteiger partial charge in [0, 0.05) is 71.8 Å². The minimum atomic E-state index is -0.00621. The van der Waals surface area contributed by atoms with Crippen LogP contribution in [0.2, 0.25) is 0 Å². The summed E-state index contributed by atoms with van der Waals surface area (Å²) in [6.07, 6.45) is 4.33. The summed E-state index contributed by atoms with van der Waals surface area (Å²) < 4.78 is 1.72. The molecule has 0 bridgehead atoms. The van der Waals surface area contributed by atoms with E-state index in [1.165, 1.54) is 5.56 Å². The molecule has 9 nitrogen and oxygen atoms in total. The van der Waals surface area contributed by atoms with Crippen LogP contribution in [0.1, 0.15) is 17.0 Å². The maximum absolute atomic E-state index is 12.9. The Morgan fingerprint density at radius 2 is 1.86 bits per heavy atom. The zero-order valence-electron chi connectivity index (χ0n) is 21.2. The van der Waals surface area contributed by atoms with E-state index in [4.69, 9.17) is 0 Å². The Hall–Kier alpha value is -3.30. The molecule has 1 aliphatic heterocycles. The molecule has 3 heterocycles. The lowest BCUT2D eigenvalue weighted by Crippen LogP contribution is -2.37. The Bertz CT molecular complexity index is 1110. The van der Waals surface area contributed by atoms with Crippen LogP contribution in [0.3, 0.4) is 0 Å². The molecule has 0 aliphatic carbocycles. The molecule has 1 aromatic carbocycles. The van der Waals surface area contributed by atoms with Crippen molar-refractivity contribution in [1.82, 2.24) is 29.5 Å². The number of carbonyl (C=O) groups is 1. The minimum Gasteiger partial charge on any atom is -0.363 e. The molecule has 35 heavy (non-hydrogen) atoms. The third-order valence-electron chi connectivity index (χ3n) is 6.33. The number of hydrogen-bond donors (Lipinski definition) is 1. The van der Waals surface area contributed by atoms with Crippen LogP contribution in [0.5, 0.6) is 0 Å². The molecular formula is C26H36N8O. The second kappa shape index (κ2) is 11.4. The molecule has 3 aromatic rings. The minimum absolute atomic E-state index is 0.00621. The summed E-state index contributed by atoms with van der Waals surface area (Å²) in [4.78, 5) is 28.5. The van der Waals surface area contributed by atoms with Gasteiger partial charge in [-0.05, 0) is 24.8 Å². The number of hydrogen-bond acceptors (Lipinski definition) is 7. The average molecular weight is 477 g/mol. The van der Waals surface area contributed by atoms with E-state index in [-0.39, 0.29) is 5.91 Å². The van der Waals surface area contributed by atoms with Gasteiger partial charge in [0.05, 0.1) is 17.9 Å². The topological polar surface area (TPSA) is 82.4 Å². The summed E-state index contributed by atoms with van der Waals surface area (Å²) >= 11 is 0. The van der Waals surface area contributed by atoms with Crippen molar-refractivity contribution in [2.24, 2.45) is 13.0 Å². The lowest BCUT2D eigenvalue weighted by Gasteiger charge is -2.24. The van der Waals surface area contributed by atoms with Crippen molar-refractivity contribution < 1.29 is 4.79 Å². The molecule has 0 radical (unpaired) electrons. The molecule has 9 heteroatoms. The molecule has 1 atom stereocenters. The van der Waals surface area contributed by atoms with Crippen LogP contribution in [0.25, 0.3) is 0 Å². The molecule has 1 fully saturated rings. The Morgan fingerprint density at radius 3 is 2.57 bits per heavy atom. The highest BCUT2D eigenvalue weighted by Gasteiger charge is 2.25. The summed E-state index contributed by atoms with van der Waals surface area (Å²) in [7, 11) is 5.84. The number of carbonyl (C=O) groups excluding carboxylic acids is 1. The highest BCUT2D eigenvalue weighted by molar-refractivity contribution is 5.92. The van der Waals surface area contributed by atoms with Gasteiger partial charge in [-0.3, -0.25) is 19.3 Å². The lowest BCUT2D eigenvalue weighted by molar-refractivity contribution is -0.117. The number of anilines is 2. The third-order valence-corrected chi connectivity index (χ3v) is 6.33. The first-order valence-electron chi connectivity index (χ1n) is 12.1. The summed E-state index contributed by atoms with van der Waals surface area (Å²) in [6.45, 7) is 6.72. The number of aryl methyl sites for hydroxylation is 2. The van der Waals surface area contributed by atoms with Gasteiger partial charge in [-0.15, -0.1) is 0 Å². The van der Waals surface area contributed by atoms with E-state index in [1.54, 1.807) is 11.0 Å². The monoisotopic (exact) mass is 476 g/mol. The van der Waals surface area contributed by atoms with Crippen molar-refractivity contribution in [2.75, 3.05) is 57.0 Å². The molecule has 1 amide bonds. The molecule has 1 saturated heterocycles. The molecule has 0 spiro atoms. The average Bonchev–Trinajstić information content (AvgIpc) is 3.02. The summed E-state index contributed by atoms with van der Waals surface area (Å²) in [6, 6.07) is 12.6. The number of nitrogens with one attached hydrogen (secondary N) is 1. The van der Waals surface area contributed by atoms with Gasteiger partial charge in [-0.1, -0.05) is 30.3 Å². The second-order valence-corrected chi connectivity index (χ2v) is 9.64. The number of nitrogens with zero attached hydrogens (tertiary/aromatic N) is 7. The molecule has 186 valence electrons. The van der Waals surface area contributed by atoms with Crippen LogP contribution in [-0.2, 0) is 24.8 Å². The molecular weight excluding hydrogens is 440 g/mol. The van der Waals surface area contributed by atoms with Gasteiger partial charge >= 0.3 is 0 Å². The largest absolute Gasteiger partial charge is 0.363 e. The van der Waals surface area contributed by atoms with Gasteiger partial charge in [-0.2, -0.15) is 5.10 Å². The normalized spacial score (nSPS) is 17.2. The van der Waals surface area contributed by atoms with Crippen molar-refractivity contribution in [1.29, 1.82) is 0 Å². The Labute approximate surface area is 207 Å². The van der Waals surface area contributed by atoms with Gasteiger partial charge in [0.25, 0.3) is 0 Å². The van der Waals surface area contributed by atoms with Crippen molar-refractivity contribution in [3.05, 3.63) is 65.9 Å². The van der Waals surface area contributed by atoms with E-state index >= 15 is 0 Å². The quantitative estimate of drug-likeness (QED) is 0.534. The zero-order valence-corrected chi connectivity index (χ0v) is 21.2. The molecule has 1 unspecified atom stereocenters. The van der Waals surface area contributed by atoms with E-state index in [0.717, 1.165) is 62.0 Å². The smallest absolute Gasteiger partial charge is 0.238 e. The summed E-state index contributed by atoms with van der Waals surface area (Å²) in [5.41, 5.74) is 3.93. The molecule has 1 N–H and O–H groups in total. The van der Waals surface area contributed by atoms with Crippen LogP contribution < -0.4 is 10.2 Å². The number of aromatic nitrogens is 4. The van der Waals surface area contributed by atoms with E-state index < -0.39 is 0 Å². The van der Waals surface area contributed by atoms with Gasteiger partial charge in [-0.25, -0.2) is 9.97 Å². The van der Waals surface area contributed by atoms with E-state index in [2.05, 4.69) is 66.6 Å². The van der Waals surface area contributed by atoms with Crippen LogP contribution >= 0.6 is 0 Å². The van der Waals surface area contributed by atoms with Crippen molar-refractivity contribution in [3.63, 3.8) is 0 Å². The van der Waals surface area contributed by atoms with Crippen molar-refractivity contribution in [3.8, 4) is 0 Å². The highest BCUT2D eigenvalue weighted by Crippen LogP contribution is 2.19. The number of amides is 1.